The zero-order valence-electron chi connectivity index (χ0n) is 31.6. The van der Waals surface area contributed by atoms with Gasteiger partial charge in [-0.3, -0.25) is 0 Å². The second kappa shape index (κ2) is 14.0. The van der Waals surface area contributed by atoms with Crippen LogP contribution >= 0.6 is 11.3 Å². The standard InChI is InChI=1S/C52H49NOS/c1-2-10-37(11-3-1)44-14-8-15-47-48-32-40(23-30-49(48)54-52(44)47)36-21-26-42(27-22-36)53(43-28-29-46-45-13-6-7-16-50(45)55-51(46)33-43)41-24-19-35(20-25-41)39-18-17-34-9-4-5-12-38(34)31-39/h1-4,6-7,9-10,13-14,16,19,21,23-24,26-32,36-37,43,48-49H,5,8,11-12,15,17-18,20,22,25,33H2. The lowest BCUT2D eigenvalue weighted by atomic mass is 9.78. The summed E-state index contributed by atoms with van der Waals surface area (Å²) < 4.78 is 8.13. The molecule has 3 heteroatoms. The Kier molecular flexibility index (Phi) is 8.53. The van der Waals surface area contributed by atoms with Crippen LogP contribution in [0.25, 0.3) is 16.2 Å². The van der Waals surface area contributed by atoms with Gasteiger partial charge in [-0.25, -0.2) is 0 Å². The SMILES string of the molecule is C1=CCC(C2=CCCC3=C2OC2C=CC(C4C=CC(N(C5=CC=C(C6=CC7=C(C=CCC7)CC6)CC5)C5C=Cc6c(sc7ccccc67)C5)=CC4)=CC32)C=C1. The number of allylic oxidation sites excluding steroid dienone is 21. The van der Waals surface area contributed by atoms with Crippen molar-refractivity contribution in [3.05, 3.63) is 194 Å². The van der Waals surface area contributed by atoms with E-state index < -0.39 is 0 Å². The zero-order chi connectivity index (χ0) is 36.3. The Morgan fingerprint density at radius 3 is 2.58 bits per heavy atom. The second-order valence-electron chi connectivity index (χ2n) is 16.6. The molecule has 1 aromatic carbocycles. The number of fused-ring (bicyclic) bond motifs is 5. The van der Waals surface area contributed by atoms with Crippen molar-refractivity contribution in [1.82, 2.24) is 4.90 Å². The van der Waals surface area contributed by atoms with Crippen LogP contribution in [0.4, 0.5) is 0 Å². The van der Waals surface area contributed by atoms with E-state index in [4.69, 9.17) is 4.74 Å². The Hall–Kier alpha value is -4.86. The fourth-order valence-electron chi connectivity index (χ4n) is 10.6. The van der Waals surface area contributed by atoms with Crippen LogP contribution in [0.5, 0.6) is 0 Å². The van der Waals surface area contributed by atoms with E-state index in [9.17, 15) is 0 Å². The molecule has 2 aromatic rings. The van der Waals surface area contributed by atoms with Crippen LogP contribution in [0.15, 0.2) is 184 Å². The van der Waals surface area contributed by atoms with Crippen molar-refractivity contribution in [2.24, 2.45) is 17.8 Å². The van der Waals surface area contributed by atoms with E-state index in [2.05, 4.69) is 139 Å². The predicted molar refractivity (Wildman–Crippen MR) is 230 cm³/mol. The summed E-state index contributed by atoms with van der Waals surface area (Å²) in [6, 6.07) is 9.23. The number of rotatable bonds is 6. The topological polar surface area (TPSA) is 12.5 Å². The highest BCUT2D eigenvalue weighted by atomic mass is 32.1. The summed E-state index contributed by atoms with van der Waals surface area (Å²) in [4.78, 5) is 4.21. The zero-order valence-corrected chi connectivity index (χ0v) is 32.4. The first kappa shape index (κ1) is 33.5. The first-order valence-corrected chi connectivity index (χ1v) is 21.7. The molecule has 0 bridgehead atoms. The van der Waals surface area contributed by atoms with Crippen LogP contribution in [-0.2, 0) is 11.2 Å². The average Bonchev–Trinajstić information content (AvgIpc) is 3.82. The van der Waals surface area contributed by atoms with Crippen LogP contribution in [-0.4, -0.2) is 17.0 Å². The molecule has 2 nitrogen and oxygen atoms in total. The first-order chi connectivity index (χ1) is 27.2. The Morgan fingerprint density at radius 1 is 0.727 bits per heavy atom. The highest BCUT2D eigenvalue weighted by Gasteiger charge is 2.40. The Balaban J connectivity index is 0.872. The van der Waals surface area contributed by atoms with Gasteiger partial charge in [-0.2, -0.15) is 0 Å². The largest absolute Gasteiger partial charge is 0.485 e. The molecule has 5 unspecified atom stereocenters. The average molecular weight is 736 g/mol. The molecule has 274 valence electrons. The van der Waals surface area contributed by atoms with Crippen molar-refractivity contribution in [2.45, 2.75) is 82.8 Å². The fraction of sp³-hybridized carbons (Fsp3) is 0.308. The number of hydrogen-bond acceptors (Lipinski definition) is 3. The second-order valence-corrected chi connectivity index (χ2v) is 17.8. The van der Waals surface area contributed by atoms with Gasteiger partial charge in [0.15, 0.2) is 0 Å². The van der Waals surface area contributed by atoms with E-state index in [1.807, 2.05) is 11.3 Å². The third-order valence-electron chi connectivity index (χ3n) is 13.5. The number of thiophene rings is 1. The van der Waals surface area contributed by atoms with Crippen molar-refractivity contribution in [3.63, 3.8) is 0 Å². The number of hydrogen-bond donors (Lipinski definition) is 0. The molecule has 55 heavy (non-hydrogen) atoms. The molecule has 2 heterocycles. The van der Waals surface area contributed by atoms with Gasteiger partial charge < -0.3 is 9.64 Å². The summed E-state index contributed by atoms with van der Waals surface area (Å²) in [6.07, 6.45) is 55.7. The van der Waals surface area contributed by atoms with Crippen LogP contribution in [0, 0.1) is 17.8 Å². The smallest absolute Gasteiger partial charge is 0.127 e. The molecule has 0 amide bonds. The molecular formula is C52H49NOS. The lowest BCUT2D eigenvalue weighted by molar-refractivity contribution is 0.167. The minimum absolute atomic E-state index is 0.128. The quantitative estimate of drug-likeness (QED) is 0.293. The third-order valence-corrected chi connectivity index (χ3v) is 14.7. The molecule has 1 aliphatic heterocycles. The summed E-state index contributed by atoms with van der Waals surface area (Å²) in [6.45, 7) is 0. The van der Waals surface area contributed by atoms with Gasteiger partial charge in [0.05, 0.1) is 6.04 Å². The number of ether oxygens (including phenoxy) is 1. The van der Waals surface area contributed by atoms with E-state index in [0.717, 1.165) is 44.9 Å². The molecule has 0 saturated carbocycles. The lowest BCUT2D eigenvalue weighted by Gasteiger charge is -2.38. The van der Waals surface area contributed by atoms with Gasteiger partial charge in [-0.05, 0) is 138 Å². The normalized spacial score (nSPS) is 29.1. The summed E-state index contributed by atoms with van der Waals surface area (Å²) in [5, 5.41) is 1.40. The van der Waals surface area contributed by atoms with Gasteiger partial charge in [0.1, 0.15) is 11.9 Å². The van der Waals surface area contributed by atoms with Gasteiger partial charge >= 0.3 is 0 Å². The van der Waals surface area contributed by atoms with Crippen LogP contribution in [0.3, 0.4) is 0 Å². The molecule has 9 aliphatic rings. The van der Waals surface area contributed by atoms with Gasteiger partial charge in [-0.1, -0.05) is 109 Å². The maximum absolute atomic E-state index is 6.73. The maximum Gasteiger partial charge on any atom is 0.127 e. The monoisotopic (exact) mass is 735 g/mol. The van der Waals surface area contributed by atoms with Gasteiger partial charge in [-0.15, -0.1) is 11.3 Å². The summed E-state index contributed by atoms with van der Waals surface area (Å²) >= 11 is 1.98. The minimum Gasteiger partial charge on any atom is -0.485 e. The van der Waals surface area contributed by atoms with Crippen molar-refractivity contribution < 1.29 is 4.74 Å². The van der Waals surface area contributed by atoms with E-state index in [-0.39, 0.29) is 6.10 Å². The van der Waals surface area contributed by atoms with Gasteiger partial charge in [0.2, 0.25) is 0 Å². The molecule has 8 aliphatic carbocycles. The Bertz CT molecular complexity index is 2410. The van der Waals surface area contributed by atoms with Gasteiger partial charge in [0, 0.05) is 45.1 Å². The Labute approximate surface area is 330 Å². The molecule has 0 radical (unpaired) electrons. The summed E-state index contributed by atoms with van der Waals surface area (Å²) in [7, 11) is 0. The highest BCUT2D eigenvalue weighted by molar-refractivity contribution is 7.19. The van der Waals surface area contributed by atoms with Crippen LogP contribution in [0.1, 0.15) is 74.6 Å². The van der Waals surface area contributed by atoms with Crippen LogP contribution in [0.2, 0.25) is 0 Å². The lowest BCUT2D eigenvalue weighted by Crippen LogP contribution is -2.36. The first-order valence-electron chi connectivity index (χ1n) is 20.9. The molecule has 0 saturated heterocycles. The Morgan fingerprint density at radius 2 is 1.69 bits per heavy atom. The van der Waals surface area contributed by atoms with Crippen molar-refractivity contribution in [3.8, 4) is 0 Å². The molecule has 0 fully saturated rings. The molecular weight excluding hydrogens is 687 g/mol. The van der Waals surface area contributed by atoms with E-state index in [1.165, 1.54) is 80.1 Å². The number of benzene rings is 1. The molecule has 0 spiro atoms. The van der Waals surface area contributed by atoms with E-state index >= 15 is 0 Å². The third kappa shape index (κ3) is 6.07. The van der Waals surface area contributed by atoms with E-state index in [0.29, 0.717) is 23.8 Å². The molecule has 5 atom stereocenters. The maximum atomic E-state index is 6.73. The fourth-order valence-corrected chi connectivity index (χ4v) is 11.8. The van der Waals surface area contributed by atoms with Crippen molar-refractivity contribution in [1.29, 1.82) is 0 Å². The molecule has 0 N–H and O–H groups in total. The van der Waals surface area contributed by atoms with Crippen LogP contribution < -0.4 is 0 Å². The highest BCUT2D eigenvalue weighted by Crippen LogP contribution is 2.48. The van der Waals surface area contributed by atoms with Gasteiger partial charge in [0.25, 0.3) is 0 Å². The molecule has 1 aromatic heterocycles. The summed E-state index contributed by atoms with van der Waals surface area (Å²) in [5.41, 5.74) is 14.8. The van der Waals surface area contributed by atoms with E-state index in [1.54, 1.807) is 22.3 Å². The summed E-state index contributed by atoms with van der Waals surface area (Å²) in [5.74, 6) is 2.36. The van der Waals surface area contributed by atoms with Crippen molar-refractivity contribution >= 4 is 27.5 Å². The van der Waals surface area contributed by atoms with Crippen molar-refractivity contribution in [2.75, 3.05) is 0 Å². The molecule has 11 rings (SSSR count). The predicted octanol–water partition coefficient (Wildman–Crippen LogP) is 13.2. The minimum atomic E-state index is 0.128. The number of nitrogens with zero attached hydrogens (tertiary/aromatic N) is 1.